The van der Waals surface area contributed by atoms with E-state index >= 15 is 0 Å². The van der Waals surface area contributed by atoms with E-state index in [0.717, 1.165) is 16.6 Å². The highest BCUT2D eigenvalue weighted by atomic mass is 16.6. The van der Waals surface area contributed by atoms with Crippen molar-refractivity contribution in [2.24, 2.45) is 0 Å². The molecule has 0 fully saturated rings. The Morgan fingerprint density at radius 3 is 2.41 bits per heavy atom. The molecule has 3 aromatic carbocycles. The first-order valence-electron chi connectivity index (χ1n) is 10.9. The van der Waals surface area contributed by atoms with Crippen molar-refractivity contribution in [1.82, 2.24) is 5.32 Å². The lowest BCUT2D eigenvalue weighted by molar-refractivity contribution is -0.153. The van der Waals surface area contributed by atoms with Gasteiger partial charge in [-0.25, -0.2) is 0 Å². The number of carbonyl (C=O) groups excluding carboxylic acids is 2. The van der Waals surface area contributed by atoms with Crippen molar-refractivity contribution in [1.29, 1.82) is 0 Å². The molecule has 0 aliphatic heterocycles. The first kappa shape index (κ1) is 23.5. The van der Waals surface area contributed by atoms with Crippen LogP contribution in [-0.2, 0) is 16.1 Å². The molecule has 0 aliphatic rings. The van der Waals surface area contributed by atoms with Crippen molar-refractivity contribution in [3.05, 3.63) is 77.9 Å². The molecule has 3 aromatic rings. The Morgan fingerprint density at radius 2 is 1.69 bits per heavy atom. The fourth-order valence-corrected chi connectivity index (χ4v) is 3.56. The summed E-state index contributed by atoms with van der Waals surface area (Å²) in [5.74, 6) is -0.245. The van der Waals surface area contributed by atoms with E-state index in [4.69, 9.17) is 4.74 Å². The second-order valence-corrected chi connectivity index (χ2v) is 9.07. The van der Waals surface area contributed by atoms with E-state index in [-0.39, 0.29) is 24.3 Å². The number of nitrogens with one attached hydrogen (secondary N) is 1. The summed E-state index contributed by atoms with van der Waals surface area (Å²) in [5, 5.41) is 5.41. The van der Waals surface area contributed by atoms with Gasteiger partial charge in [0, 0.05) is 24.8 Å². The number of Topliss-reactive ketones (excluding diaryl/α,β-unsaturated/α-hetero) is 1. The molecule has 0 aromatic heterocycles. The molecule has 5 nitrogen and oxygen atoms in total. The number of nitrogens with zero attached hydrogens (tertiary/aromatic N) is 1. The smallest absolute Gasteiger partial charge is 0.320 e. The van der Waals surface area contributed by atoms with Gasteiger partial charge in [0.05, 0.1) is 12.6 Å². The highest BCUT2D eigenvalue weighted by Gasteiger charge is 2.21. The molecule has 0 unspecified atom stereocenters. The highest BCUT2D eigenvalue weighted by molar-refractivity contribution is 6.02. The van der Waals surface area contributed by atoms with Crippen LogP contribution < -0.4 is 10.2 Å². The number of fused-ring (bicyclic) bond motifs is 1. The SMILES string of the molecule is C[C@@H](C(=O)c1cccc(CNCC(=O)OC(C)(C)C)c1)N(C)c1ccc2ccccc2c1. The van der Waals surface area contributed by atoms with E-state index in [1.807, 2.05) is 82.1 Å². The number of likely N-dealkylation sites (N-methyl/N-ethyl adjacent to an activating group) is 1. The average Bonchev–Trinajstić information content (AvgIpc) is 2.76. The molecule has 0 saturated heterocycles. The standard InChI is InChI=1S/C27H32N2O3/c1-19(29(5)24-14-13-21-10-6-7-11-22(21)16-24)26(31)23-12-8-9-20(15-23)17-28-18-25(30)32-27(2,3)4/h6-16,19,28H,17-18H2,1-5H3/t19-/m0/s1. The van der Waals surface area contributed by atoms with Crippen LogP contribution in [0.4, 0.5) is 5.69 Å². The molecule has 0 radical (unpaired) electrons. The second-order valence-electron chi connectivity index (χ2n) is 9.07. The summed E-state index contributed by atoms with van der Waals surface area (Å²) in [5.41, 5.74) is 2.10. The number of esters is 1. The predicted molar refractivity (Wildman–Crippen MR) is 130 cm³/mol. The van der Waals surface area contributed by atoms with E-state index in [1.165, 1.54) is 5.39 Å². The Bertz CT molecular complexity index is 1100. The number of rotatable bonds is 8. The summed E-state index contributed by atoms with van der Waals surface area (Å²) in [6.07, 6.45) is 0. The second kappa shape index (κ2) is 9.96. The molecular weight excluding hydrogens is 400 g/mol. The van der Waals surface area contributed by atoms with Gasteiger partial charge in [0.1, 0.15) is 5.60 Å². The summed E-state index contributed by atoms with van der Waals surface area (Å²) in [6.45, 7) is 8.05. The number of anilines is 1. The topological polar surface area (TPSA) is 58.6 Å². The lowest BCUT2D eigenvalue weighted by Gasteiger charge is -2.26. The summed E-state index contributed by atoms with van der Waals surface area (Å²) in [6, 6.07) is 21.6. The largest absolute Gasteiger partial charge is 0.459 e. The van der Waals surface area contributed by atoms with Gasteiger partial charge in [0.15, 0.2) is 5.78 Å². The van der Waals surface area contributed by atoms with Crippen LogP contribution in [0.5, 0.6) is 0 Å². The normalized spacial score (nSPS) is 12.4. The number of hydrogen-bond donors (Lipinski definition) is 1. The zero-order valence-corrected chi connectivity index (χ0v) is 19.5. The minimum atomic E-state index is -0.502. The molecule has 0 bridgehead atoms. The lowest BCUT2D eigenvalue weighted by Crippen LogP contribution is -2.36. The highest BCUT2D eigenvalue weighted by Crippen LogP contribution is 2.24. The van der Waals surface area contributed by atoms with Crippen molar-refractivity contribution in [2.75, 3.05) is 18.5 Å². The Labute approximate surface area is 190 Å². The van der Waals surface area contributed by atoms with Crippen LogP contribution in [0.2, 0.25) is 0 Å². The minimum Gasteiger partial charge on any atom is -0.459 e. The van der Waals surface area contributed by atoms with Gasteiger partial charge in [-0.2, -0.15) is 0 Å². The van der Waals surface area contributed by atoms with Gasteiger partial charge >= 0.3 is 5.97 Å². The van der Waals surface area contributed by atoms with E-state index in [1.54, 1.807) is 0 Å². The number of benzene rings is 3. The first-order valence-corrected chi connectivity index (χ1v) is 10.9. The zero-order chi connectivity index (χ0) is 23.3. The van der Waals surface area contributed by atoms with E-state index < -0.39 is 5.60 Å². The third-order valence-corrected chi connectivity index (χ3v) is 5.33. The number of hydrogen-bond acceptors (Lipinski definition) is 5. The number of ether oxygens (including phenoxy) is 1. The van der Waals surface area contributed by atoms with Crippen LogP contribution in [0.15, 0.2) is 66.7 Å². The van der Waals surface area contributed by atoms with E-state index in [0.29, 0.717) is 12.1 Å². The summed E-state index contributed by atoms with van der Waals surface area (Å²) in [7, 11) is 1.94. The minimum absolute atomic E-state index is 0.0506. The third kappa shape index (κ3) is 6.17. The maximum atomic E-state index is 13.2. The van der Waals surface area contributed by atoms with Crippen LogP contribution in [0.1, 0.15) is 43.6 Å². The fourth-order valence-electron chi connectivity index (χ4n) is 3.56. The molecule has 0 heterocycles. The van der Waals surface area contributed by atoms with E-state index in [2.05, 4.69) is 29.6 Å². The number of carbonyl (C=O) groups is 2. The molecule has 3 rings (SSSR count). The Kier molecular flexibility index (Phi) is 7.31. The zero-order valence-electron chi connectivity index (χ0n) is 19.5. The molecule has 0 aliphatic carbocycles. The fraction of sp³-hybridized carbons (Fsp3) is 0.333. The van der Waals surface area contributed by atoms with Crippen molar-refractivity contribution in [3.63, 3.8) is 0 Å². The average molecular weight is 433 g/mol. The van der Waals surface area contributed by atoms with Crippen molar-refractivity contribution < 1.29 is 14.3 Å². The monoisotopic (exact) mass is 432 g/mol. The van der Waals surface area contributed by atoms with Crippen LogP contribution in [0.25, 0.3) is 10.8 Å². The van der Waals surface area contributed by atoms with Crippen molar-refractivity contribution in [2.45, 2.75) is 45.9 Å². The maximum Gasteiger partial charge on any atom is 0.320 e. The Balaban J connectivity index is 1.64. The maximum absolute atomic E-state index is 13.2. The van der Waals surface area contributed by atoms with Crippen molar-refractivity contribution >= 4 is 28.2 Å². The first-order chi connectivity index (χ1) is 15.1. The van der Waals surface area contributed by atoms with Crippen molar-refractivity contribution in [3.8, 4) is 0 Å². The molecule has 0 amide bonds. The van der Waals surface area contributed by atoms with Gasteiger partial charge in [0.25, 0.3) is 0 Å². The van der Waals surface area contributed by atoms with Gasteiger partial charge in [-0.15, -0.1) is 0 Å². The van der Waals surface area contributed by atoms with Gasteiger partial charge in [0.2, 0.25) is 0 Å². The van der Waals surface area contributed by atoms with E-state index in [9.17, 15) is 9.59 Å². The molecule has 0 spiro atoms. The Hall–Kier alpha value is -3.18. The predicted octanol–water partition coefficient (Wildman–Crippen LogP) is 4.98. The van der Waals surface area contributed by atoms with Gasteiger partial charge < -0.3 is 15.0 Å². The van der Waals surface area contributed by atoms with Gasteiger partial charge in [-0.1, -0.05) is 48.5 Å². The lowest BCUT2D eigenvalue weighted by atomic mass is 10.0. The van der Waals surface area contributed by atoms with Crippen LogP contribution >= 0.6 is 0 Å². The quantitative estimate of drug-likeness (QED) is 0.402. The van der Waals surface area contributed by atoms with Crippen LogP contribution in [-0.4, -0.2) is 37.0 Å². The van der Waals surface area contributed by atoms with Gasteiger partial charge in [-0.05, 0) is 62.2 Å². The summed E-state index contributed by atoms with van der Waals surface area (Å²) >= 11 is 0. The third-order valence-electron chi connectivity index (χ3n) is 5.33. The Morgan fingerprint density at radius 1 is 0.969 bits per heavy atom. The molecule has 0 saturated carbocycles. The van der Waals surface area contributed by atoms with Gasteiger partial charge in [-0.3, -0.25) is 9.59 Å². The van der Waals surface area contributed by atoms with Crippen LogP contribution in [0.3, 0.4) is 0 Å². The molecular formula is C27H32N2O3. The molecule has 1 N–H and O–H groups in total. The summed E-state index contributed by atoms with van der Waals surface area (Å²) < 4.78 is 5.30. The molecule has 32 heavy (non-hydrogen) atoms. The molecule has 5 heteroatoms. The van der Waals surface area contributed by atoms with Crippen LogP contribution in [0, 0.1) is 0 Å². The molecule has 1 atom stereocenters. The summed E-state index contributed by atoms with van der Waals surface area (Å²) in [4.78, 5) is 27.0. The number of ketones is 1. The molecule has 168 valence electrons.